The van der Waals surface area contributed by atoms with Gasteiger partial charge in [0.15, 0.2) is 11.6 Å². The summed E-state index contributed by atoms with van der Waals surface area (Å²) in [6.07, 6.45) is 8.67. The number of nitrogens with zero attached hydrogens (tertiary/aromatic N) is 5. The SMILES string of the molecule is CC(C)C(C)n1cc(Nc2nc(-c3ccoc3)nc3cn[nH]c23)cn1. The van der Waals surface area contributed by atoms with Crippen LogP contribution in [0.4, 0.5) is 11.5 Å². The van der Waals surface area contributed by atoms with Crippen molar-refractivity contribution in [2.24, 2.45) is 5.92 Å². The number of fused-ring (bicyclic) bond motifs is 1. The lowest BCUT2D eigenvalue weighted by Gasteiger charge is -2.15. The van der Waals surface area contributed by atoms with Crippen LogP contribution in [0.1, 0.15) is 26.8 Å². The van der Waals surface area contributed by atoms with Gasteiger partial charge in [0.1, 0.15) is 17.3 Å². The molecular weight excluding hydrogens is 318 g/mol. The van der Waals surface area contributed by atoms with Crippen LogP contribution in [0.3, 0.4) is 0 Å². The Bertz CT molecular complexity index is 984. The first-order valence-electron chi connectivity index (χ1n) is 8.16. The van der Waals surface area contributed by atoms with Gasteiger partial charge in [0.05, 0.1) is 35.9 Å². The Balaban J connectivity index is 1.70. The maximum absolute atomic E-state index is 5.14. The van der Waals surface area contributed by atoms with Gasteiger partial charge >= 0.3 is 0 Å². The zero-order valence-corrected chi connectivity index (χ0v) is 14.3. The lowest BCUT2D eigenvalue weighted by atomic mass is 10.1. The first-order valence-corrected chi connectivity index (χ1v) is 8.16. The molecule has 0 radical (unpaired) electrons. The molecule has 0 amide bonds. The molecule has 0 saturated carbocycles. The van der Waals surface area contributed by atoms with Crippen molar-refractivity contribution in [3.63, 3.8) is 0 Å². The number of nitrogens with one attached hydrogen (secondary N) is 2. The molecule has 4 aromatic heterocycles. The van der Waals surface area contributed by atoms with E-state index < -0.39 is 0 Å². The van der Waals surface area contributed by atoms with Gasteiger partial charge in [-0.1, -0.05) is 13.8 Å². The third-order valence-corrected chi connectivity index (χ3v) is 4.33. The van der Waals surface area contributed by atoms with E-state index in [0.717, 1.165) is 22.3 Å². The van der Waals surface area contributed by atoms with Crippen molar-refractivity contribution in [3.8, 4) is 11.4 Å². The summed E-state index contributed by atoms with van der Waals surface area (Å²) >= 11 is 0. The molecule has 0 spiro atoms. The van der Waals surface area contributed by atoms with Crippen LogP contribution in [0.25, 0.3) is 22.4 Å². The molecule has 0 aliphatic carbocycles. The van der Waals surface area contributed by atoms with E-state index in [4.69, 9.17) is 4.42 Å². The van der Waals surface area contributed by atoms with Gasteiger partial charge in [-0.05, 0) is 18.9 Å². The third-order valence-electron chi connectivity index (χ3n) is 4.33. The smallest absolute Gasteiger partial charge is 0.165 e. The molecule has 25 heavy (non-hydrogen) atoms. The number of H-pyrrole nitrogens is 1. The summed E-state index contributed by atoms with van der Waals surface area (Å²) in [7, 11) is 0. The van der Waals surface area contributed by atoms with Crippen molar-refractivity contribution in [2.75, 3.05) is 5.32 Å². The van der Waals surface area contributed by atoms with Crippen molar-refractivity contribution in [2.45, 2.75) is 26.8 Å². The maximum Gasteiger partial charge on any atom is 0.165 e. The predicted molar refractivity (Wildman–Crippen MR) is 94.4 cm³/mol. The van der Waals surface area contributed by atoms with Crippen LogP contribution in [0, 0.1) is 5.92 Å². The molecule has 8 heteroatoms. The molecule has 128 valence electrons. The fraction of sp³-hybridized carbons (Fsp3) is 0.294. The van der Waals surface area contributed by atoms with Crippen molar-refractivity contribution < 1.29 is 4.42 Å². The molecule has 4 rings (SSSR count). The molecule has 0 fully saturated rings. The second-order valence-electron chi connectivity index (χ2n) is 6.36. The fourth-order valence-electron chi connectivity index (χ4n) is 2.52. The number of anilines is 2. The Morgan fingerprint density at radius 3 is 2.84 bits per heavy atom. The fourth-order valence-corrected chi connectivity index (χ4v) is 2.52. The van der Waals surface area contributed by atoms with E-state index >= 15 is 0 Å². The summed E-state index contributed by atoms with van der Waals surface area (Å²) in [6.45, 7) is 6.50. The number of aromatic nitrogens is 6. The molecule has 0 saturated heterocycles. The summed E-state index contributed by atoms with van der Waals surface area (Å²) in [5.41, 5.74) is 3.16. The van der Waals surface area contributed by atoms with Crippen LogP contribution in [-0.4, -0.2) is 29.9 Å². The molecule has 0 aliphatic heterocycles. The molecule has 0 aliphatic rings. The number of rotatable bonds is 5. The lowest BCUT2D eigenvalue weighted by molar-refractivity contribution is 0.375. The summed E-state index contributed by atoms with van der Waals surface area (Å²) in [6, 6.07) is 2.14. The van der Waals surface area contributed by atoms with E-state index in [2.05, 4.69) is 51.4 Å². The zero-order chi connectivity index (χ0) is 17.4. The molecule has 8 nitrogen and oxygen atoms in total. The van der Waals surface area contributed by atoms with Gasteiger partial charge in [-0.15, -0.1) is 0 Å². The second kappa shape index (κ2) is 6.04. The van der Waals surface area contributed by atoms with Crippen molar-refractivity contribution >= 4 is 22.5 Å². The highest BCUT2D eigenvalue weighted by atomic mass is 16.3. The Morgan fingerprint density at radius 1 is 1.20 bits per heavy atom. The van der Waals surface area contributed by atoms with Gasteiger partial charge in [-0.25, -0.2) is 9.97 Å². The van der Waals surface area contributed by atoms with Gasteiger partial charge in [-0.3, -0.25) is 9.78 Å². The van der Waals surface area contributed by atoms with Crippen LogP contribution in [0.15, 0.2) is 41.6 Å². The molecule has 1 atom stereocenters. The topological polar surface area (TPSA) is 97.5 Å². The number of furan rings is 1. The van der Waals surface area contributed by atoms with Crippen molar-refractivity contribution in [1.29, 1.82) is 0 Å². The number of hydrogen-bond acceptors (Lipinski definition) is 6. The summed E-state index contributed by atoms with van der Waals surface area (Å²) in [4.78, 5) is 9.12. The molecule has 0 aromatic carbocycles. The summed E-state index contributed by atoms with van der Waals surface area (Å²) < 4.78 is 7.09. The quantitative estimate of drug-likeness (QED) is 0.575. The van der Waals surface area contributed by atoms with E-state index in [1.165, 1.54) is 0 Å². The minimum atomic E-state index is 0.314. The highest BCUT2D eigenvalue weighted by molar-refractivity contribution is 5.88. The molecule has 2 N–H and O–H groups in total. The van der Waals surface area contributed by atoms with E-state index in [0.29, 0.717) is 23.6 Å². The Morgan fingerprint density at radius 2 is 2.08 bits per heavy atom. The first kappa shape index (κ1) is 15.4. The van der Waals surface area contributed by atoms with Crippen molar-refractivity contribution in [3.05, 3.63) is 37.2 Å². The average molecular weight is 337 g/mol. The molecule has 1 unspecified atom stereocenters. The minimum Gasteiger partial charge on any atom is -0.472 e. The highest BCUT2D eigenvalue weighted by Gasteiger charge is 2.14. The largest absolute Gasteiger partial charge is 0.472 e. The van der Waals surface area contributed by atoms with Crippen molar-refractivity contribution in [1.82, 2.24) is 29.9 Å². The Kier molecular flexibility index (Phi) is 3.72. The van der Waals surface area contributed by atoms with Crippen LogP contribution in [0.2, 0.25) is 0 Å². The van der Waals surface area contributed by atoms with Gasteiger partial charge in [0.2, 0.25) is 0 Å². The normalized spacial score (nSPS) is 12.8. The lowest BCUT2D eigenvalue weighted by Crippen LogP contribution is -2.11. The van der Waals surface area contributed by atoms with Crippen LogP contribution >= 0.6 is 0 Å². The molecule has 4 heterocycles. The monoisotopic (exact) mass is 337 g/mol. The van der Waals surface area contributed by atoms with Crippen LogP contribution < -0.4 is 5.32 Å². The number of aromatic amines is 1. The predicted octanol–water partition coefficient (Wildman–Crippen LogP) is 3.77. The number of hydrogen-bond donors (Lipinski definition) is 2. The Labute approximate surface area is 144 Å². The minimum absolute atomic E-state index is 0.314. The van der Waals surface area contributed by atoms with E-state index in [-0.39, 0.29) is 0 Å². The summed E-state index contributed by atoms with van der Waals surface area (Å²) in [5.74, 6) is 1.72. The first-order chi connectivity index (χ1) is 12.1. The van der Waals surface area contributed by atoms with E-state index in [9.17, 15) is 0 Å². The van der Waals surface area contributed by atoms with E-state index in [1.807, 2.05) is 16.9 Å². The zero-order valence-electron chi connectivity index (χ0n) is 14.3. The second-order valence-corrected chi connectivity index (χ2v) is 6.36. The highest BCUT2D eigenvalue weighted by Crippen LogP contribution is 2.26. The standard InChI is InChI=1S/C17H19N7O/c1-10(2)11(3)24-8-13(6-19-24)20-17-15-14(7-18-23-15)21-16(22-17)12-4-5-25-9-12/h4-11H,1-3H3,(H,18,23)(H,20,21,22). The average Bonchev–Trinajstić information content (AvgIpc) is 3.34. The van der Waals surface area contributed by atoms with Gasteiger partial charge in [0.25, 0.3) is 0 Å². The van der Waals surface area contributed by atoms with Crippen LogP contribution in [-0.2, 0) is 0 Å². The van der Waals surface area contributed by atoms with Gasteiger partial charge < -0.3 is 9.73 Å². The molecular formula is C17H19N7O. The molecule has 0 bridgehead atoms. The van der Waals surface area contributed by atoms with Gasteiger partial charge in [-0.2, -0.15) is 10.2 Å². The molecule has 4 aromatic rings. The van der Waals surface area contributed by atoms with Gasteiger partial charge in [0, 0.05) is 6.20 Å². The van der Waals surface area contributed by atoms with Crippen LogP contribution in [0.5, 0.6) is 0 Å². The summed E-state index contributed by atoms with van der Waals surface area (Å²) in [5, 5.41) is 14.8. The maximum atomic E-state index is 5.14. The van der Waals surface area contributed by atoms with E-state index in [1.54, 1.807) is 24.9 Å². The Hall–Kier alpha value is -3.16. The third kappa shape index (κ3) is 2.86.